The number of benzene rings is 2. The Morgan fingerprint density at radius 3 is 2.52 bits per heavy atom. The van der Waals surface area contributed by atoms with Crippen molar-refractivity contribution in [2.75, 3.05) is 32.7 Å². The molecule has 11 heteroatoms. The van der Waals surface area contributed by atoms with Crippen LogP contribution in [0.3, 0.4) is 0 Å². The summed E-state index contributed by atoms with van der Waals surface area (Å²) in [5.41, 5.74) is -1.01. The summed E-state index contributed by atoms with van der Waals surface area (Å²) < 4.78 is 49.6. The Morgan fingerprint density at radius 2 is 1.83 bits per heavy atom. The van der Waals surface area contributed by atoms with Crippen molar-refractivity contribution < 1.29 is 32.7 Å². The fourth-order valence-electron chi connectivity index (χ4n) is 6.17. The minimum atomic E-state index is -2.84. The summed E-state index contributed by atoms with van der Waals surface area (Å²) in [6.45, 7) is 0.584. The van der Waals surface area contributed by atoms with Gasteiger partial charge in [-0.15, -0.1) is 0 Å². The molecule has 1 atom stereocenters. The van der Waals surface area contributed by atoms with Crippen LogP contribution in [0.1, 0.15) is 60.5 Å². The van der Waals surface area contributed by atoms with Gasteiger partial charge in [0.15, 0.2) is 0 Å². The van der Waals surface area contributed by atoms with Gasteiger partial charge in [-0.2, -0.15) is 0 Å². The number of hydrogen-bond acceptors (Lipinski definition) is 5. The van der Waals surface area contributed by atoms with Crippen LogP contribution in [0.2, 0.25) is 0 Å². The van der Waals surface area contributed by atoms with Crippen LogP contribution in [0, 0.1) is 11.6 Å². The van der Waals surface area contributed by atoms with Crippen molar-refractivity contribution in [2.45, 2.75) is 50.9 Å². The highest BCUT2D eigenvalue weighted by molar-refractivity contribution is 5.95. The molecule has 1 aromatic heterocycles. The Kier molecular flexibility index (Phi) is 8.49. The number of halogens is 3. The molecule has 1 saturated heterocycles. The fourth-order valence-corrected chi connectivity index (χ4v) is 6.17. The van der Waals surface area contributed by atoms with Gasteiger partial charge in [0, 0.05) is 48.4 Å². The zero-order valence-electron chi connectivity index (χ0n) is 23.4. The molecule has 3 aromatic rings. The molecule has 0 bridgehead atoms. The second-order valence-electron chi connectivity index (χ2n) is 10.8. The van der Waals surface area contributed by atoms with E-state index in [1.165, 1.54) is 17.2 Å². The number of hydrogen-bond donors (Lipinski definition) is 1. The van der Waals surface area contributed by atoms with Crippen LogP contribution in [0.4, 0.5) is 13.2 Å². The van der Waals surface area contributed by atoms with Crippen LogP contribution in [0.25, 0.3) is 10.9 Å². The summed E-state index contributed by atoms with van der Waals surface area (Å²) in [6, 6.07) is 10.1. The monoisotopic (exact) mass is 582 g/mol. The van der Waals surface area contributed by atoms with Crippen LogP contribution in [0.15, 0.2) is 48.7 Å². The summed E-state index contributed by atoms with van der Waals surface area (Å²) >= 11 is 0. The number of carbonyl (C=O) groups excluding carboxylic acids is 2. The zero-order chi connectivity index (χ0) is 30.0. The van der Waals surface area contributed by atoms with E-state index < -0.39 is 59.4 Å². The lowest BCUT2D eigenvalue weighted by Gasteiger charge is -2.42. The Balaban J connectivity index is 1.62. The van der Waals surface area contributed by atoms with E-state index in [1.807, 2.05) is 0 Å². The highest BCUT2D eigenvalue weighted by Gasteiger charge is 2.47. The van der Waals surface area contributed by atoms with Crippen LogP contribution < -0.4 is 0 Å². The number of piperazine rings is 1. The molecular weight excluding hydrogens is 549 g/mol. The van der Waals surface area contributed by atoms with E-state index >= 15 is 13.2 Å². The van der Waals surface area contributed by atoms with Gasteiger partial charge in [-0.25, -0.2) is 13.2 Å². The predicted molar refractivity (Wildman–Crippen MR) is 149 cm³/mol. The molecule has 1 aliphatic carbocycles. The molecule has 42 heavy (non-hydrogen) atoms. The van der Waals surface area contributed by atoms with Crippen LogP contribution in [-0.2, 0) is 15.4 Å². The Morgan fingerprint density at radius 1 is 1.10 bits per heavy atom. The summed E-state index contributed by atoms with van der Waals surface area (Å²) in [6.07, 6.45) is 5.53. The average Bonchev–Trinajstić information content (AvgIpc) is 2.98. The van der Waals surface area contributed by atoms with Crippen LogP contribution in [0.5, 0.6) is 0 Å². The highest BCUT2D eigenvalue weighted by Crippen LogP contribution is 2.42. The van der Waals surface area contributed by atoms with Crippen molar-refractivity contribution >= 4 is 28.7 Å². The number of fused-ring (bicyclic) bond motifs is 1. The first-order valence-electron chi connectivity index (χ1n) is 14.2. The quantitative estimate of drug-likeness (QED) is 0.387. The van der Waals surface area contributed by atoms with Gasteiger partial charge in [0.05, 0.1) is 12.1 Å². The molecule has 8 nitrogen and oxygen atoms in total. The average molecular weight is 583 g/mol. The van der Waals surface area contributed by atoms with Gasteiger partial charge in [0.25, 0.3) is 5.91 Å². The van der Waals surface area contributed by atoms with E-state index in [9.17, 15) is 14.4 Å². The molecule has 1 saturated carbocycles. The van der Waals surface area contributed by atoms with Crippen molar-refractivity contribution in [1.29, 1.82) is 0 Å². The molecule has 2 fully saturated rings. The largest absolute Gasteiger partial charge is 0.480 e. The molecule has 1 aliphatic heterocycles. The van der Waals surface area contributed by atoms with Gasteiger partial charge < -0.3 is 14.9 Å². The van der Waals surface area contributed by atoms with Gasteiger partial charge in [0.1, 0.15) is 23.7 Å². The number of carbonyl (C=O) groups is 3. The first-order chi connectivity index (χ1) is 20.1. The summed E-state index contributed by atoms with van der Waals surface area (Å²) in [5, 5.41) is 9.72. The van der Waals surface area contributed by atoms with Crippen molar-refractivity contribution in [3.8, 4) is 0 Å². The van der Waals surface area contributed by atoms with Gasteiger partial charge in [0.2, 0.25) is 11.7 Å². The first-order valence-corrected chi connectivity index (χ1v) is 14.2. The molecule has 1 unspecified atom stereocenters. The number of alkyl halides is 1. The van der Waals surface area contributed by atoms with E-state index in [-0.39, 0.29) is 31.2 Å². The lowest BCUT2D eigenvalue weighted by atomic mass is 9.90. The first kappa shape index (κ1) is 29.5. The SMILES string of the molecule is CCN(C(=O)c1c(F)ccc(C(F)(c2cnc3ccccc3c2)N2CCN(CC(=O)O)C(=O)C2)c1F)C1CCCCC1. The molecule has 0 spiro atoms. The molecule has 2 aliphatic rings. The molecule has 2 aromatic carbocycles. The van der Waals surface area contributed by atoms with Crippen molar-refractivity contribution in [1.82, 2.24) is 19.7 Å². The number of para-hydroxylation sites is 1. The normalized spacial score (nSPS) is 18.2. The third-order valence-corrected chi connectivity index (χ3v) is 8.33. The Bertz CT molecular complexity index is 1510. The van der Waals surface area contributed by atoms with Crippen LogP contribution >= 0.6 is 0 Å². The standard InChI is InChI=1S/C31H33F3N4O4/c1-2-38(22-9-4-3-5-10-22)30(42)28-24(32)13-12-23(29(28)33)31(34,21-16-20-8-6-7-11-25(20)35-17-21)37-15-14-36(19-27(40)41)26(39)18-37/h6-8,11-13,16-17,22H,2-5,9-10,14-15,18-19H2,1H3,(H,40,41). The highest BCUT2D eigenvalue weighted by atomic mass is 19.2. The predicted octanol–water partition coefficient (Wildman–Crippen LogP) is 4.71. The summed E-state index contributed by atoms with van der Waals surface area (Å²) in [4.78, 5) is 45.7. The van der Waals surface area contributed by atoms with Gasteiger partial charge in [-0.05, 0) is 44.0 Å². The molecule has 222 valence electrons. The number of amides is 2. The number of rotatable bonds is 8. The van der Waals surface area contributed by atoms with Gasteiger partial charge in [-0.3, -0.25) is 24.3 Å². The second kappa shape index (κ2) is 12.1. The lowest BCUT2D eigenvalue weighted by molar-refractivity contribution is -0.151. The van der Waals surface area contributed by atoms with Crippen molar-refractivity contribution in [3.05, 3.63) is 77.0 Å². The molecule has 0 radical (unpaired) electrons. The molecule has 2 heterocycles. The second-order valence-corrected chi connectivity index (χ2v) is 10.8. The Hall–Kier alpha value is -3.99. The minimum absolute atomic E-state index is 0.107. The van der Waals surface area contributed by atoms with Gasteiger partial charge in [-0.1, -0.05) is 37.5 Å². The number of carboxylic acids is 1. The topological polar surface area (TPSA) is 94.1 Å². The number of aromatic nitrogens is 1. The summed E-state index contributed by atoms with van der Waals surface area (Å²) in [7, 11) is 0. The van der Waals surface area contributed by atoms with E-state index in [0.717, 1.165) is 54.0 Å². The third kappa shape index (κ3) is 5.45. The fraction of sp³-hybridized carbons (Fsp3) is 0.419. The zero-order valence-corrected chi connectivity index (χ0v) is 23.4. The maximum absolute atomic E-state index is 17.8. The number of pyridine rings is 1. The molecule has 2 amide bonds. The number of nitrogens with zero attached hydrogens (tertiary/aromatic N) is 4. The molecule has 5 rings (SSSR count). The molecular formula is C31H33F3N4O4. The van der Waals surface area contributed by atoms with E-state index in [4.69, 9.17) is 5.11 Å². The number of aliphatic carboxylic acids is 1. The van der Waals surface area contributed by atoms with Crippen molar-refractivity contribution in [2.24, 2.45) is 0 Å². The third-order valence-electron chi connectivity index (χ3n) is 8.33. The van der Waals surface area contributed by atoms with Crippen LogP contribution in [-0.4, -0.2) is 81.3 Å². The van der Waals surface area contributed by atoms with Crippen molar-refractivity contribution in [3.63, 3.8) is 0 Å². The van der Waals surface area contributed by atoms with Gasteiger partial charge >= 0.3 is 5.97 Å². The maximum Gasteiger partial charge on any atom is 0.323 e. The maximum atomic E-state index is 17.8. The minimum Gasteiger partial charge on any atom is -0.480 e. The summed E-state index contributed by atoms with van der Waals surface area (Å²) in [5.74, 6) is -8.00. The molecule has 1 N–H and O–H groups in total. The number of carboxylic acid groups (broad SMARTS) is 1. The smallest absolute Gasteiger partial charge is 0.323 e. The van der Waals surface area contributed by atoms with E-state index in [0.29, 0.717) is 10.9 Å². The van der Waals surface area contributed by atoms with E-state index in [2.05, 4.69) is 4.98 Å². The van der Waals surface area contributed by atoms with E-state index in [1.54, 1.807) is 31.2 Å². The lowest BCUT2D eigenvalue weighted by Crippen LogP contribution is -2.57. The Labute approximate surface area is 241 Å².